The van der Waals surface area contributed by atoms with Crippen LogP contribution in [0.15, 0.2) is 67.0 Å². The predicted octanol–water partition coefficient (Wildman–Crippen LogP) is 4.38. The lowest BCUT2D eigenvalue weighted by Crippen LogP contribution is -2.49. The number of carboxylic acid groups (broad SMARTS) is 1. The first kappa shape index (κ1) is 22.4. The van der Waals surface area contributed by atoms with Crippen LogP contribution in [0.25, 0.3) is 11.1 Å². The molecule has 33 heavy (non-hydrogen) atoms. The molecule has 1 fully saturated rings. The summed E-state index contributed by atoms with van der Waals surface area (Å²) in [6.45, 7) is 0.444. The van der Waals surface area contributed by atoms with Crippen molar-refractivity contribution >= 4 is 17.8 Å². The minimum atomic E-state index is -0.998. The number of rotatable bonds is 6. The van der Waals surface area contributed by atoms with Gasteiger partial charge in [0.1, 0.15) is 0 Å². The molecule has 1 aliphatic rings. The van der Waals surface area contributed by atoms with Crippen LogP contribution in [0.5, 0.6) is 0 Å². The lowest BCUT2D eigenvalue weighted by atomic mass is 9.90. The molecule has 3 N–H and O–H groups in total. The fourth-order valence-electron chi connectivity index (χ4n) is 4.39. The number of carbonyl (C=O) groups is 2. The summed E-state index contributed by atoms with van der Waals surface area (Å²) in [6, 6.07) is 17.5. The molecule has 0 radical (unpaired) electrons. The van der Waals surface area contributed by atoms with Gasteiger partial charge in [-0.2, -0.15) is 5.10 Å². The summed E-state index contributed by atoms with van der Waals surface area (Å²) in [7, 11) is 1.88. The number of nitrogens with zero attached hydrogens (tertiary/aromatic N) is 3. The van der Waals surface area contributed by atoms with Crippen molar-refractivity contribution in [3.8, 4) is 11.1 Å². The molecule has 4 rings (SSSR count). The van der Waals surface area contributed by atoms with Gasteiger partial charge in [0.15, 0.2) is 0 Å². The van der Waals surface area contributed by atoms with Gasteiger partial charge < -0.3 is 15.7 Å². The second-order valence-electron chi connectivity index (χ2n) is 8.42. The molecule has 0 bridgehead atoms. The molecule has 0 spiro atoms. The quantitative estimate of drug-likeness (QED) is 0.522. The van der Waals surface area contributed by atoms with E-state index >= 15 is 0 Å². The zero-order valence-electron chi connectivity index (χ0n) is 18.6. The molecule has 8 nitrogen and oxygen atoms in total. The number of urea groups is 1. The Kier molecular flexibility index (Phi) is 6.92. The van der Waals surface area contributed by atoms with Crippen molar-refractivity contribution in [3.05, 3.63) is 72.6 Å². The lowest BCUT2D eigenvalue weighted by Gasteiger charge is -2.37. The molecular weight excluding hydrogens is 418 g/mol. The Morgan fingerprint density at radius 2 is 1.73 bits per heavy atom. The molecule has 1 aliphatic carbocycles. The van der Waals surface area contributed by atoms with E-state index in [9.17, 15) is 9.59 Å². The molecule has 0 aliphatic heterocycles. The van der Waals surface area contributed by atoms with Crippen molar-refractivity contribution in [1.82, 2.24) is 20.4 Å². The van der Waals surface area contributed by atoms with Crippen LogP contribution >= 0.6 is 0 Å². The maximum absolute atomic E-state index is 13.3. The van der Waals surface area contributed by atoms with Crippen molar-refractivity contribution in [1.29, 1.82) is 0 Å². The minimum Gasteiger partial charge on any atom is -0.465 e. The van der Waals surface area contributed by atoms with E-state index in [4.69, 9.17) is 5.11 Å². The van der Waals surface area contributed by atoms with Crippen molar-refractivity contribution in [2.75, 3.05) is 4.90 Å². The monoisotopic (exact) mass is 447 g/mol. The zero-order chi connectivity index (χ0) is 23.2. The van der Waals surface area contributed by atoms with Crippen LogP contribution in [-0.4, -0.2) is 39.1 Å². The van der Waals surface area contributed by atoms with Crippen LogP contribution in [0.3, 0.4) is 0 Å². The number of nitrogens with one attached hydrogen (secondary N) is 2. The second kappa shape index (κ2) is 10.2. The van der Waals surface area contributed by atoms with Gasteiger partial charge in [-0.05, 0) is 48.9 Å². The molecule has 172 valence electrons. The van der Waals surface area contributed by atoms with Crippen molar-refractivity contribution < 1.29 is 14.7 Å². The number of hydrogen-bond donors (Lipinski definition) is 3. The van der Waals surface area contributed by atoms with Gasteiger partial charge >= 0.3 is 12.1 Å². The number of carbonyl (C=O) groups excluding carboxylic acids is 1. The van der Waals surface area contributed by atoms with E-state index in [0.717, 1.165) is 35.2 Å². The van der Waals surface area contributed by atoms with Crippen molar-refractivity contribution in [2.45, 2.75) is 44.3 Å². The Balaban J connectivity index is 1.52. The van der Waals surface area contributed by atoms with Crippen LogP contribution < -0.4 is 15.5 Å². The molecule has 8 heteroatoms. The summed E-state index contributed by atoms with van der Waals surface area (Å²) in [5.41, 5.74) is 3.91. The first-order chi connectivity index (χ1) is 16.0. The Morgan fingerprint density at radius 3 is 2.33 bits per heavy atom. The zero-order valence-corrected chi connectivity index (χ0v) is 18.6. The molecular formula is C25H29N5O3. The van der Waals surface area contributed by atoms with Crippen molar-refractivity contribution in [2.24, 2.45) is 7.05 Å². The minimum absolute atomic E-state index is 0.00291. The normalized spacial score (nSPS) is 17.8. The highest BCUT2D eigenvalue weighted by Crippen LogP contribution is 2.30. The van der Waals surface area contributed by atoms with Crippen molar-refractivity contribution in [3.63, 3.8) is 0 Å². The Hall–Kier alpha value is -3.81. The van der Waals surface area contributed by atoms with Gasteiger partial charge in [0, 0.05) is 43.1 Å². The standard InChI is InChI=1S/C25H29N5O3/c1-29-17-20(16-27-29)19-7-11-22(12-8-19)30(23-13-9-21(10-14-23)28-25(32)33)24(31)26-15-18-5-3-2-4-6-18/h2-8,11-12,16-17,21,23,28H,9-10,13-15H2,1H3,(H,26,31)(H,32,33). The smallest absolute Gasteiger partial charge is 0.404 e. The largest absolute Gasteiger partial charge is 0.465 e. The van der Waals surface area contributed by atoms with Gasteiger partial charge in [0.25, 0.3) is 0 Å². The molecule has 0 unspecified atom stereocenters. The SMILES string of the molecule is Cn1cc(-c2ccc(N(C(=O)NCc3ccccc3)C3CCC(NC(=O)O)CC3)cc2)cn1. The summed E-state index contributed by atoms with van der Waals surface area (Å²) in [4.78, 5) is 26.1. The van der Waals surface area contributed by atoms with E-state index in [-0.39, 0.29) is 18.1 Å². The summed E-state index contributed by atoms with van der Waals surface area (Å²) in [5, 5.41) is 18.9. The third-order valence-corrected chi connectivity index (χ3v) is 6.08. The van der Waals surface area contributed by atoms with Gasteiger partial charge in [-0.25, -0.2) is 9.59 Å². The highest BCUT2D eigenvalue weighted by molar-refractivity contribution is 5.93. The topological polar surface area (TPSA) is 99.5 Å². The van der Waals surface area contributed by atoms with Crippen LogP contribution in [0.1, 0.15) is 31.2 Å². The maximum atomic E-state index is 13.3. The number of hydrogen-bond acceptors (Lipinski definition) is 3. The van der Waals surface area contributed by atoms with E-state index < -0.39 is 6.09 Å². The summed E-state index contributed by atoms with van der Waals surface area (Å²) >= 11 is 0. The Bertz CT molecular complexity index is 1070. The highest BCUT2D eigenvalue weighted by atomic mass is 16.4. The fraction of sp³-hybridized carbons (Fsp3) is 0.320. The number of amides is 3. The average Bonchev–Trinajstić information content (AvgIpc) is 3.26. The van der Waals surface area contributed by atoms with E-state index in [1.165, 1.54) is 0 Å². The van der Waals surface area contributed by atoms with E-state index in [0.29, 0.717) is 19.4 Å². The third kappa shape index (κ3) is 5.71. The summed E-state index contributed by atoms with van der Waals surface area (Å²) in [6.07, 6.45) is 5.64. The third-order valence-electron chi connectivity index (χ3n) is 6.08. The van der Waals surface area contributed by atoms with Gasteiger partial charge in [-0.15, -0.1) is 0 Å². The molecule has 3 aromatic rings. The van der Waals surface area contributed by atoms with Crippen LogP contribution in [-0.2, 0) is 13.6 Å². The first-order valence-corrected chi connectivity index (χ1v) is 11.2. The Morgan fingerprint density at radius 1 is 1.03 bits per heavy atom. The van der Waals surface area contributed by atoms with Gasteiger partial charge in [-0.1, -0.05) is 42.5 Å². The van der Waals surface area contributed by atoms with E-state index in [2.05, 4.69) is 15.7 Å². The van der Waals surface area contributed by atoms with Gasteiger partial charge in [0.05, 0.1) is 6.20 Å². The second-order valence-corrected chi connectivity index (χ2v) is 8.42. The maximum Gasteiger partial charge on any atom is 0.404 e. The molecule has 1 saturated carbocycles. The number of aryl methyl sites for hydroxylation is 1. The number of aromatic nitrogens is 2. The number of benzene rings is 2. The molecule has 1 aromatic heterocycles. The summed E-state index contributed by atoms with van der Waals surface area (Å²) < 4.78 is 1.76. The fourth-order valence-corrected chi connectivity index (χ4v) is 4.39. The predicted molar refractivity (Wildman–Crippen MR) is 127 cm³/mol. The van der Waals surface area contributed by atoms with Crippen LogP contribution in [0.2, 0.25) is 0 Å². The number of anilines is 1. The van der Waals surface area contributed by atoms with E-state index in [1.807, 2.05) is 78.9 Å². The molecule has 1 heterocycles. The van der Waals surface area contributed by atoms with Gasteiger partial charge in [0.2, 0.25) is 0 Å². The molecule has 0 atom stereocenters. The van der Waals surface area contributed by atoms with E-state index in [1.54, 1.807) is 4.68 Å². The highest BCUT2D eigenvalue weighted by Gasteiger charge is 2.30. The Labute approximate surface area is 193 Å². The van der Waals surface area contributed by atoms with Crippen LogP contribution in [0.4, 0.5) is 15.3 Å². The molecule has 0 saturated heterocycles. The van der Waals surface area contributed by atoms with Gasteiger partial charge in [-0.3, -0.25) is 9.58 Å². The molecule has 2 aromatic carbocycles. The lowest BCUT2D eigenvalue weighted by molar-refractivity contribution is 0.184. The first-order valence-electron chi connectivity index (χ1n) is 11.2. The molecule has 3 amide bonds. The van der Waals surface area contributed by atoms with Crippen LogP contribution in [0, 0.1) is 0 Å². The average molecular weight is 448 g/mol. The summed E-state index contributed by atoms with van der Waals surface area (Å²) in [5.74, 6) is 0.